The summed E-state index contributed by atoms with van der Waals surface area (Å²) < 4.78 is 15.9. The molecular formula is C24H20ClFN4O2. The standard InChI is InChI=1S/C24H20ClFN4O2/c1-15-6-4-11-20(23(15)25)27-24(32)28-22-13-21(18-9-2-3-10-19(18)26)29-30(22)17-8-5-7-16(12-17)14-31/h2-13,31H,14H2,1H3,(H2,27,28,32). The molecule has 0 unspecified atom stereocenters. The van der Waals surface area contributed by atoms with Gasteiger partial charge in [0.1, 0.15) is 11.6 Å². The Morgan fingerprint density at radius 2 is 1.84 bits per heavy atom. The van der Waals surface area contributed by atoms with Gasteiger partial charge in [0.05, 0.1) is 28.7 Å². The molecule has 1 aromatic heterocycles. The fraction of sp³-hybridized carbons (Fsp3) is 0.0833. The van der Waals surface area contributed by atoms with Gasteiger partial charge >= 0.3 is 6.03 Å². The predicted molar refractivity (Wildman–Crippen MR) is 124 cm³/mol. The van der Waals surface area contributed by atoms with Crippen molar-refractivity contribution in [3.8, 4) is 16.9 Å². The number of aromatic nitrogens is 2. The second kappa shape index (κ2) is 9.21. The number of carbonyl (C=O) groups excluding carboxylic acids is 1. The number of aryl methyl sites for hydroxylation is 1. The Bertz CT molecular complexity index is 1290. The molecule has 0 saturated heterocycles. The second-order valence-electron chi connectivity index (χ2n) is 7.15. The number of aliphatic hydroxyl groups excluding tert-OH is 1. The molecule has 0 saturated carbocycles. The highest BCUT2D eigenvalue weighted by Gasteiger charge is 2.17. The summed E-state index contributed by atoms with van der Waals surface area (Å²) in [4.78, 5) is 12.7. The lowest BCUT2D eigenvalue weighted by Crippen LogP contribution is -2.21. The molecule has 3 N–H and O–H groups in total. The first-order chi connectivity index (χ1) is 15.5. The van der Waals surface area contributed by atoms with Gasteiger partial charge in [-0.1, -0.05) is 48.0 Å². The van der Waals surface area contributed by atoms with Gasteiger partial charge in [-0.2, -0.15) is 5.10 Å². The molecule has 4 aromatic rings. The Hall–Kier alpha value is -3.68. The van der Waals surface area contributed by atoms with E-state index in [1.807, 2.05) is 13.0 Å². The molecule has 4 rings (SSSR count). The SMILES string of the molecule is Cc1cccc(NC(=O)Nc2cc(-c3ccccc3F)nn2-c2cccc(CO)c2)c1Cl. The van der Waals surface area contributed by atoms with Gasteiger partial charge in [0.25, 0.3) is 0 Å². The number of rotatable bonds is 5. The summed E-state index contributed by atoms with van der Waals surface area (Å²) in [6.45, 7) is 1.69. The smallest absolute Gasteiger partial charge is 0.324 e. The highest BCUT2D eigenvalue weighted by molar-refractivity contribution is 6.34. The number of hydrogen-bond acceptors (Lipinski definition) is 3. The number of halogens is 2. The predicted octanol–water partition coefficient (Wildman–Crippen LogP) is 5.78. The third-order valence-corrected chi connectivity index (χ3v) is 5.38. The zero-order chi connectivity index (χ0) is 22.7. The van der Waals surface area contributed by atoms with Gasteiger partial charge in [-0.15, -0.1) is 0 Å². The molecule has 0 radical (unpaired) electrons. The summed E-state index contributed by atoms with van der Waals surface area (Å²) in [5, 5.41) is 19.9. The number of amides is 2. The molecule has 1 heterocycles. The van der Waals surface area contributed by atoms with Crippen molar-refractivity contribution in [1.82, 2.24) is 9.78 Å². The highest BCUT2D eigenvalue weighted by Crippen LogP contribution is 2.28. The number of anilines is 2. The number of hydrogen-bond donors (Lipinski definition) is 3. The van der Waals surface area contributed by atoms with E-state index in [2.05, 4.69) is 15.7 Å². The Kier molecular flexibility index (Phi) is 6.20. The van der Waals surface area contributed by atoms with Crippen LogP contribution in [0.3, 0.4) is 0 Å². The minimum Gasteiger partial charge on any atom is -0.392 e. The Balaban J connectivity index is 1.71. The Labute approximate surface area is 189 Å². The fourth-order valence-electron chi connectivity index (χ4n) is 3.27. The van der Waals surface area contributed by atoms with Gasteiger partial charge in [-0.25, -0.2) is 13.9 Å². The molecule has 8 heteroatoms. The van der Waals surface area contributed by atoms with Gasteiger partial charge in [-0.3, -0.25) is 5.32 Å². The van der Waals surface area contributed by atoms with Crippen molar-refractivity contribution in [3.05, 3.63) is 94.8 Å². The summed E-state index contributed by atoms with van der Waals surface area (Å²) in [5.41, 5.74) is 3.22. The van der Waals surface area contributed by atoms with Gasteiger partial charge in [0.2, 0.25) is 0 Å². The number of carbonyl (C=O) groups is 1. The molecule has 32 heavy (non-hydrogen) atoms. The zero-order valence-electron chi connectivity index (χ0n) is 17.1. The van der Waals surface area contributed by atoms with E-state index in [9.17, 15) is 14.3 Å². The average Bonchev–Trinajstić information content (AvgIpc) is 3.20. The normalized spacial score (nSPS) is 10.8. The molecule has 0 spiro atoms. The van der Waals surface area contributed by atoms with Crippen LogP contribution in [-0.4, -0.2) is 20.9 Å². The van der Waals surface area contributed by atoms with Crippen LogP contribution in [0.2, 0.25) is 5.02 Å². The maximum atomic E-state index is 14.4. The summed E-state index contributed by atoms with van der Waals surface area (Å²) in [5.74, 6) is -0.108. The van der Waals surface area contributed by atoms with E-state index < -0.39 is 11.8 Å². The molecule has 0 aliphatic heterocycles. The Morgan fingerprint density at radius 3 is 2.62 bits per heavy atom. The summed E-state index contributed by atoms with van der Waals surface area (Å²) in [6.07, 6.45) is 0. The van der Waals surface area contributed by atoms with Crippen molar-refractivity contribution < 1.29 is 14.3 Å². The minimum absolute atomic E-state index is 0.148. The van der Waals surface area contributed by atoms with Crippen LogP contribution in [0.25, 0.3) is 16.9 Å². The quantitative estimate of drug-likeness (QED) is 0.361. The number of aliphatic hydroxyl groups is 1. The average molecular weight is 451 g/mol. The first kappa shape index (κ1) is 21.5. The summed E-state index contributed by atoms with van der Waals surface area (Å²) in [7, 11) is 0. The topological polar surface area (TPSA) is 79.2 Å². The lowest BCUT2D eigenvalue weighted by Gasteiger charge is -2.12. The van der Waals surface area contributed by atoms with E-state index in [0.29, 0.717) is 39.0 Å². The summed E-state index contributed by atoms with van der Waals surface area (Å²) >= 11 is 6.28. The third-order valence-electron chi connectivity index (χ3n) is 4.88. The third kappa shape index (κ3) is 4.49. The van der Waals surface area contributed by atoms with Gasteiger partial charge in [0, 0.05) is 11.6 Å². The van der Waals surface area contributed by atoms with E-state index in [1.54, 1.807) is 60.7 Å². The van der Waals surface area contributed by atoms with Crippen LogP contribution in [0.5, 0.6) is 0 Å². The largest absolute Gasteiger partial charge is 0.392 e. The Morgan fingerprint density at radius 1 is 1.06 bits per heavy atom. The molecule has 162 valence electrons. The highest BCUT2D eigenvalue weighted by atomic mass is 35.5. The van der Waals surface area contributed by atoms with E-state index >= 15 is 0 Å². The summed E-state index contributed by atoms with van der Waals surface area (Å²) in [6, 6.07) is 19.7. The monoisotopic (exact) mass is 450 g/mol. The second-order valence-corrected chi connectivity index (χ2v) is 7.53. The van der Waals surface area contributed by atoms with E-state index in [0.717, 1.165) is 5.56 Å². The van der Waals surface area contributed by atoms with Crippen LogP contribution in [0.15, 0.2) is 72.8 Å². The first-order valence-electron chi connectivity index (χ1n) is 9.84. The zero-order valence-corrected chi connectivity index (χ0v) is 17.9. The van der Waals surface area contributed by atoms with Crippen molar-refractivity contribution >= 4 is 29.1 Å². The van der Waals surface area contributed by atoms with Crippen molar-refractivity contribution in [2.45, 2.75) is 13.5 Å². The minimum atomic E-state index is -0.531. The van der Waals surface area contributed by atoms with Crippen molar-refractivity contribution in [1.29, 1.82) is 0 Å². The first-order valence-corrected chi connectivity index (χ1v) is 10.2. The number of nitrogens with one attached hydrogen (secondary N) is 2. The number of nitrogens with zero attached hydrogens (tertiary/aromatic N) is 2. The van der Waals surface area contributed by atoms with Crippen molar-refractivity contribution in [2.24, 2.45) is 0 Å². The molecule has 0 aliphatic carbocycles. The lowest BCUT2D eigenvalue weighted by atomic mass is 10.1. The van der Waals surface area contributed by atoms with Gasteiger partial charge in [-0.05, 0) is 48.4 Å². The van der Waals surface area contributed by atoms with Crippen molar-refractivity contribution in [2.75, 3.05) is 10.6 Å². The van der Waals surface area contributed by atoms with E-state index in [-0.39, 0.29) is 6.61 Å². The van der Waals surface area contributed by atoms with Crippen LogP contribution < -0.4 is 10.6 Å². The lowest BCUT2D eigenvalue weighted by molar-refractivity contribution is 0.262. The molecular weight excluding hydrogens is 431 g/mol. The van der Waals surface area contributed by atoms with E-state index in [4.69, 9.17) is 11.6 Å². The molecule has 6 nitrogen and oxygen atoms in total. The fourth-order valence-corrected chi connectivity index (χ4v) is 3.44. The molecule has 0 atom stereocenters. The van der Waals surface area contributed by atoms with Gasteiger partial charge in [0.15, 0.2) is 0 Å². The van der Waals surface area contributed by atoms with Crippen LogP contribution >= 0.6 is 11.6 Å². The van der Waals surface area contributed by atoms with Crippen LogP contribution in [0.4, 0.5) is 20.7 Å². The van der Waals surface area contributed by atoms with Gasteiger partial charge < -0.3 is 10.4 Å². The number of urea groups is 1. The molecule has 0 bridgehead atoms. The maximum absolute atomic E-state index is 14.4. The van der Waals surface area contributed by atoms with Crippen LogP contribution in [-0.2, 0) is 6.61 Å². The maximum Gasteiger partial charge on any atom is 0.324 e. The molecule has 0 aliphatic rings. The van der Waals surface area contributed by atoms with E-state index in [1.165, 1.54) is 10.7 Å². The molecule has 3 aromatic carbocycles. The van der Waals surface area contributed by atoms with Crippen LogP contribution in [0, 0.1) is 12.7 Å². The van der Waals surface area contributed by atoms with Crippen molar-refractivity contribution in [3.63, 3.8) is 0 Å². The number of benzene rings is 3. The van der Waals surface area contributed by atoms with Crippen LogP contribution in [0.1, 0.15) is 11.1 Å². The molecule has 0 fully saturated rings. The molecule has 2 amide bonds.